The predicted octanol–water partition coefficient (Wildman–Crippen LogP) is 3.20. The first-order chi connectivity index (χ1) is 12.4. The second kappa shape index (κ2) is 8.39. The number of nitro benzene ring substituents is 1. The highest BCUT2D eigenvalue weighted by molar-refractivity contribution is 6.33. The van der Waals surface area contributed by atoms with Gasteiger partial charge in [-0.2, -0.15) is 0 Å². The lowest BCUT2D eigenvalue weighted by molar-refractivity contribution is -0.384. The zero-order valence-corrected chi connectivity index (χ0v) is 15.1. The molecule has 2 aromatic rings. The van der Waals surface area contributed by atoms with Gasteiger partial charge in [0.15, 0.2) is 11.5 Å². The first-order valence-electron chi connectivity index (χ1n) is 7.42. The van der Waals surface area contributed by atoms with Gasteiger partial charge in [0.25, 0.3) is 11.6 Å². The standard InChI is InChI=1S/C17H17ClN2O6/c1-24-14-8-16(26-3)15(25-2)6-10(14)9-19-17(21)12-7-11(20(22)23)4-5-13(12)18/h4-8H,9H2,1-3H3,(H,19,21). The molecule has 2 rings (SSSR count). The average molecular weight is 381 g/mol. The molecule has 0 bridgehead atoms. The Labute approximate surface area is 154 Å². The third-order valence-corrected chi connectivity index (χ3v) is 3.96. The van der Waals surface area contributed by atoms with Gasteiger partial charge >= 0.3 is 0 Å². The quantitative estimate of drug-likeness (QED) is 0.584. The van der Waals surface area contributed by atoms with Crippen molar-refractivity contribution in [2.75, 3.05) is 21.3 Å². The number of carbonyl (C=O) groups excluding carboxylic acids is 1. The van der Waals surface area contributed by atoms with Crippen LogP contribution in [0.15, 0.2) is 30.3 Å². The van der Waals surface area contributed by atoms with Gasteiger partial charge < -0.3 is 19.5 Å². The van der Waals surface area contributed by atoms with Crippen molar-refractivity contribution < 1.29 is 23.9 Å². The minimum atomic E-state index is -0.593. The summed E-state index contributed by atoms with van der Waals surface area (Å²) in [5, 5.41) is 13.7. The number of ether oxygens (including phenoxy) is 3. The van der Waals surface area contributed by atoms with E-state index in [2.05, 4.69) is 5.32 Å². The molecule has 0 spiro atoms. The Morgan fingerprint density at radius 1 is 1.08 bits per heavy atom. The molecule has 0 aliphatic heterocycles. The number of nitro groups is 1. The lowest BCUT2D eigenvalue weighted by Crippen LogP contribution is -2.23. The largest absolute Gasteiger partial charge is 0.496 e. The molecule has 9 heteroatoms. The van der Waals surface area contributed by atoms with Crippen LogP contribution in [0, 0.1) is 10.1 Å². The van der Waals surface area contributed by atoms with E-state index in [1.54, 1.807) is 12.1 Å². The first kappa shape index (κ1) is 19.3. The van der Waals surface area contributed by atoms with Crippen LogP contribution in [0.2, 0.25) is 5.02 Å². The monoisotopic (exact) mass is 380 g/mol. The maximum atomic E-state index is 12.4. The summed E-state index contributed by atoms with van der Waals surface area (Å²) in [5.74, 6) is 0.913. The molecule has 0 heterocycles. The number of halogens is 1. The second-order valence-electron chi connectivity index (χ2n) is 5.12. The number of nitrogens with one attached hydrogen (secondary N) is 1. The molecule has 0 aliphatic carbocycles. The minimum absolute atomic E-state index is 0.0142. The molecule has 0 aliphatic rings. The minimum Gasteiger partial charge on any atom is -0.496 e. The Hall–Kier alpha value is -3.00. The van der Waals surface area contributed by atoms with Crippen molar-refractivity contribution in [1.29, 1.82) is 0 Å². The number of carbonyl (C=O) groups is 1. The van der Waals surface area contributed by atoms with Gasteiger partial charge in [-0.25, -0.2) is 0 Å². The summed E-state index contributed by atoms with van der Waals surface area (Å²) in [6.07, 6.45) is 0. The Morgan fingerprint density at radius 3 is 2.27 bits per heavy atom. The molecule has 0 radical (unpaired) electrons. The number of non-ortho nitro benzene ring substituents is 1. The SMILES string of the molecule is COc1cc(OC)c(OC)cc1CNC(=O)c1cc([N+](=O)[O-])ccc1Cl. The van der Waals surface area contributed by atoms with Gasteiger partial charge in [0.05, 0.1) is 36.8 Å². The molecule has 1 N–H and O–H groups in total. The summed E-state index contributed by atoms with van der Waals surface area (Å²) in [4.78, 5) is 22.7. The molecular formula is C17H17ClN2O6. The zero-order valence-electron chi connectivity index (χ0n) is 14.4. The summed E-state index contributed by atoms with van der Waals surface area (Å²) in [7, 11) is 4.49. The molecular weight excluding hydrogens is 364 g/mol. The highest BCUT2D eigenvalue weighted by atomic mass is 35.5. The van der Waals surface area contributed by atoms with E-state index >= 15 is 0 Å². The maximum Gasteiger partial charge on any atom is 0.270 e. The molecule has 0 unspecified atom stereocenters. The second-order valence-corrected chi connectivity index (χ2v) is 5.53. The van der Waals surface area contributed by atoms with Crippen LogP contribution in [0.5, 0.6) is 17.2 Å². The maximum absolute atomic E-state index is 12.4. The van der Waals surface area contributed by atoms with Gasteiger partial charge in [0, 0.05) is 30.3 Å². The summed E-state index contributed by atoms with van der Waals surface area (Å²) in [5.41, 5.74) is 0.434. The molecule has 8 nitrogen and oxygen atoms in total. The van der Waals surface area contributed by atoms with Gasteiger partial charge in [0.2, 0.25) is 0 Å². The van der Waals surface area contributed by atoms with Crippen molar-refractivity contribution in [3.63, 3.8) is 0 Å². The topological polar surface area (TPSA) is 99.9 Å². The van der Waals surface area contributed by atoms with Crippen molar-refractivity contribution in [3.05, 3.63) is 56.6 Å². The summed E-state index contributed by atoms with van der Waals surface area (Å²) in [6.45, 7) is 0.0986. The molecule has 2 aromatic carbocycles. The van der Waals surface area contributed by atoms with Crippen LogP contribution in [0.25, 0.3) is 0 Å². The number of hydrogen-bond acceptors (Lipinski definition) is 6. The van der Waals surface area contributed by atoms with E-state index in [0.29, 0.717) is 22.8 Å². The van der Waals surface area contributed by atoms with Crippen molar-refractivity contribution in [1.82, 2.24) is 5.32 Å². The molecule has 0 atom stereocenters. The van der Waals surface area contributed by atoms with Crippen molar-refractivity contribution in [2.24, 2.45) is 0 Å². The van der Waals surface area contributed by atoms with Gasteiger partial charge in [0.1, 0.15) is 5.75 Å². The van der Waals surface area contributed by atoms with Crippen molar-refractivity contribution in [3.8, 4) is 17.2 Å². The van der Waals surface area contributed by atoms with E-state index in [1.807, 2.05) is 0 Å². The van der Waals surface area contributed by atoms with Crippen LogP contribution < -0.4 is 19.5 Å². The summed E-state index contributed by atoms with van der Waals surface area (Å²) >= 11 is 5.98. The van der Waals surface area contributed by atoms with Crippen molar-refractivity contribution in [2.45, 2.75) is 6.54 Å². The fraction of sp³-hybridized carbons (Fsp3) is 0.235. The summed E-state index contributed by atoms with van der Waals surface area (Å²) in [6, 6.07) is 6.99. The highest BCUT2D eigenvalue weighted by Gasteiger charge is 2.17. The van der Waals surface area contributed by atoms with Crippen LogP contribution in [-0.4, -0.2) is 32.2 Å². The molecule has 26 heavy (non-hydrogen) atoms. The van der Waals surface area contributed by atoms with E-state index in [4.69, 9.17) is 25.8 Å². The lowest BCUT2D eigenvalue weighted by atomic mass is 10.1. The van der Waals surface area contributed by atoms with Gasteiger partial charge in [-0.05, 0) is 12.1 Å². The molecule has 0 saturated heterocycles. The zero-order chi connectivity index (χ0) is 19.3. The third-order valence-electron chi connectivity index (χ3n) is 3.63. The van der Waals surface area contributed by atoms with Crippen LogP contribution in [0.3, 0.4) is 0 Å². The number of methoxy groups -OCH3 is 3. The lowest BCUT2D eigenvalue weighted by Gasteiger charge is -2.14. The molecule has 1 amide bonds. The predicted molar refractivity (Wildman–Crippen MR) is 95.4 cm³/mol. The third kappa shape index (κ3) is 4.15. The van der Waals surface area contributed by atoms with E-state index in [9.17, 15) is 14.9 Å². The fourth-order valence-corrected chi connectivity index (χ4v) is 2.51. The average Bonchev–Trinajstić information content (AvgIpc) is 2.65. The van der Waals surface area contributed by atoms with E-state index in [-0.39, 0.29) is 22.8 Å². The molecule has 0 fully saturated rings. The number of hydrogen-bond donors (Lipinski definition) is 1. The first-order valence-corrected chi connectivity index (χ1v) is 7.80. The number of rotatable bonds is 7. The van der Waals surface area contributed by atoms with Gasteiger partial charge in [-0.15, -0.1) is 0 Å². The Bertz CT molecular complexity index is 840. The fourth-order valence-electron chi connectivity index (χ4n) is 2.30. The van der Waals surface area contributed by atoms with Crippen LogP contribution in [0.1, 0.15) is 15.9 Å². The number of nitrogens with zero attached hydrogens (tertiary/aromatic N) is 1. The number of benzene rings is 2. The Balaban J connectivity index is 2.24. The van der Waals surface area contributed by atoms with Crippen LogP contribution in [0.4, 0.5) is 5.69 Å². The van der Waals surface area contributed by atoms with Crippen LogP contribution in [-0.2, 0) is 6.54 Å². The van der Waals surface area contributed by atoms with Gasteiger partial charge in [-0.1, -0.05) is 11.6 Å². The molecule has 138 valence electrons. The smallest absolute Gasteiger partial charge is 0.270 e. The normalized spacial score (nSPS) is 10.2. The Kier molecular flexibility index (Phi) is 6.24. The van der Waals surface area contributed by atoms with Gasteiger partial charge in [-0.3, -0.25) is 14.9 Å². The summed E-state index contributed by atoms with van der Waals surface area (Å²) < 4.78 is 15.7. The van der Waals surface area contributed by atoms with Crippen LogP contribution >= 0.6 is 11.6 Å². The molecule has 0 aromatic heterocycles. The van der Waals surface area contributed by atoms with E-state index < -0.39 is 10.8 Å². The Morgan fingerprint density at radius 2 is 1.69 bits per heavy atom. The van der Waals surface area contributed by atoms with E-state index in [1.165, 1.54) is 33.5 Å². The van der Waals surface area contributed by atoms with E-state index in [0.717, 1.165) is 6.07 Å². The number of amides is 1. The highest BCUT2D eigenvalue weighted by Crippen LogP contribution is 2.34. The molecule has 0 saturated carbocycles. The van der Waals surface area contributed by atoms with Crippen molar-refractivity contribution >= 4 is 23.2 Å².